The summed E-state index contributed by atoms with van der Waals surface area (Å²) in [4.78, 5) is 2.42. The molecule has 2 rings (SSSR count). The molecular weight excluding hydrogens is 255 g/mol. The fourth-order valence-corrected chi connectivity index (χ4v) is 3.28. The molecule has 0 spiro atoms. The molecule has 2 atom stereocenters. The zero-order chi connectivity index (χ0) is 14.5. The quantitative estimate of drug-likeness (QED) is 0.871. The van der Waals surface area contributed by atoms with Crippen molar-refractivity contribution in [2.24, 2.45) is 11.7 Å². The average Bonchev–Trinajstić information content (AvgIpc) is 2.93. The van der Waals surface area contributed by atoms with E-state index in [0.29, 0.717) is 17.7 Å². The van der Waals surface area contributed by atoms with Crippen LogP contribution in [-0.4, -0.2) is 31.1 Å². The number of rotatable bonds is 6. The lowest BCUT2D eigenvalue weighted by Gasteiger charge is -2.31. The Morgan fingerprint density at radius 1 is 1.40 bits per heavy atom. The van der Waals surface area contributed by atoms with Gasteiger partial charge in [0.2, 0.25) is 0 Å². The van der Waals surface area contributed by atoms with E-state index in [4.69, 9.17) is 10.5 Å². The van der Waals surface area contributed by atoms with E-state index in [1.54, 1.807) is 12.1 Å². The monoisotopic (exact) mass is 280 g/mol. The van der Waals surface area contributed by atoms with Crippen LogP contribution in [0, 0.1) is 11.7 Å². The first-order valence-electron chi connectivity index (χ1n) is 7.46. The van der Waals surface area contributed by atoms with E-state index < -0.39 is 0 Å². The molecule has 1 aliphatic rings. The van der Waals surface area contributed by atoms with Crippen molar-refractivity contribution < 1.29 is 9.13 Å². The number of hydrogen-bond acceptors (Lipinski definition) is 3. The molecule has 0 radical (unpaired) electrons. The van der Waals surface area contributed by atoms with Crippen LogP contribution in [0.1, 0.15) is 31.7 Å². The third-order valence-electron chi connectivity index (χ3n) is 4.40. The highest BCUT2D eigenvalue weighted by Gasteiger charge is 2.30. The van der Waals surface area contributed by atoms with Crippen molar-refractivity contribution >= 4 is 0 Å². The number of halogens is 1. The number of nitrogens with zero attached hydrogens (tertiary/aromatic N) is 1. The van der Waals surface area contributed by atoms with Gasteiger partial charge in [-0.05, 0) is 49.5 Å². The molecule has 1 aromatic carbocycles. The first-order chi connectivity index (χ1) is 9.69. The Bertz CT molecular complexity index is 438. The van der Waals surface area contributed by atoms with Crippen LogP contribution in [0.5, 0.6) is 5.75 Å². The molecule has 1 fully saturated rings. The number of hydrogen-bond donors (Lipinski definition) is 1. The molecule has 0 heterocycles. The molecule has 0 aromatic heterocycles. The highest BCUT2D eigenvalue weighted by Crippen LogP contribution is 2.30. The Kier molecular flexibility index (Phi) is 5.38. The van der Waals surface area contributed by atoms with Crippen molar-refractivity contribution in [2.75, 3.05) is 20.2 Å². The summed E-state index contributed by atoms with van der Waals surface area (Å²) in [5.41, 5.74) is 6.86. The van der Waals surface area contributed by atoms with Crippen LogP contribution in [0.2, 0.25) is 0 Å². The lowest BCUT2D eigenvalue weighted by Crippen LogP contribution is -2.39. The third-order valence-corrected chi connectivity index (χ3v) is 4.40. The minimum Gasteiger partial charge on any atom is -0.494 e. The second kappa shape index (κ2) is 7.04. The molecule has 1 aromatic rings. The molecule has 2 unspecified atom stereocenters. The van der Waals surface area contributed by atoms with E-state index in [0.717, 1.165) is 25.2 Å². The number of benzene rings is 1. The first kappa shape index (κ1) is 15.3. The van der Waals surface area contributed by atoms with Crippen LogP contribution < -0.4 is 10.5 Å². The number of nitrogens with two attached hydrogens (primary N) is 1. The van der Waals surface area contributed by atoms with Crippen LogP contribution in [0.3, 0.4) is 0 Å². The normalized spacial score (nSPS) is 22.4. The summed E-state index contributed by atoms with van der Waals surface area (Å²) < 4.78 is 18.7. The Balaban J connectivity index is 2.08. The van der Waals surface area contributed by atoms with Gasteiger partial charge in [-0.15, -0.1) is 0 Å². The lowest BCUT2D eigenvalue weighted by atomic mass is 10.0. The fourth-order valence-electron chi connectivity index (χ4n) is 3.28. The zero-order valence-corrected chi connectivity index (χ0v) is 12.4. The van der Waals surface area contributed by atoms with Gasteiger partial charge in [-0.1, -0.05) is 19.4 Å². The van der Waals surface area contributed by atoms with Gasteiger partial charge in [-0.3, -0.25) is 4.90 Å². The Morgan fingerprint density at radius 2 is 2.20 bits per heavy atom. The second-order valence-electron chi connectivity index (χ2n) is 5.53. The predicted molar refractivity (Wildman–Crippen MR) is 79.2 cm³/mol. The van der Waals surface area contributed by atoms with Crippen LogP contribution in [0.15, 0.2) is 18.2 Å². The smallest absolute Gasteiger partial charge is 0.165 e. The summed E-state index contributed by atoms with van der Waals surface area (Å²) in [6, 6.07) is 5.76. The minimum absolute atomic E-state index is 0.289. The van der Waals surface area contributed by atoms with Gasteiger partial charge in [0.25, 0.3) is 0 Å². The minimum atomic E-state index is -0.289. The van der Waals surface area contributed by atoms with Crippen LogP contribution in [0.4, 0.5) is 4.39 Å². The molecular formula is C16H25FN2O. The van der Waals surface area contributed by atoms with Crippen molar-refractivity contribution in [2.45, 2.75) is 38.8 Å². The van der Waals surface area contributed by atoms with Crippen molar-refractivity contribution in [3.05, 3.63) is 29.6 Å². The third kappa shape index (κ3) is 3.30. The number of ether oxygens (including phenoxy) is 1. The standard InChI is InChI=1S/C16H25FN2O/c1-3-19(15-6-4-5-13(15)10-18)11-12-7-8-16(20-2)14(17)9-12/h7-9,13,15H,3-6,10-11,18H2,1-2H3. The molecule has 0 aliphatic heterocycles. The van der Waals surface area contributed by atoms with Crippen molar-refractivity contribution in [1.82, 2.24) is 4.90 Å². The van der Waals surface area contributed by atoms with Crippen LogP contribution in [-0.2, 0) is 6.54 Å². The maximum atomic E-state index is 13.8. The molecule has 0 amide bonds. The molecule has 20 heavy (non-hydrogen) atoms. The lowest BCUT2D eigenvalue weighted by molar-refractivity contribution is 0.162. The van der Waals surface area contributed by atoms with Gasteiger partial charge >= 0.3 is 0 Å². The van der Waals surface area contributed by atoms with E-state index in [2.05, 4.69) is 11.8 Å². The van der Waals surface area contributed by atoms with Gasteiger partial charge in [0.05, 0.1) is 7.11 Å². The van der Waals surface area contributed by atoms with E-state index in [1.807, 2.05) is 6.07 Å². The van der Waals surface area contributed by atoms with Gasteiger partial charge in [0, 0.05) is 12.6 Å². The number of methoxy groups -OCH3 is 1. The highest BCUT2D eigenvalue weighted by atomic mass is 19.1. The predicted octanol–water partition coefficient (Wildman–Crippen LogP) is 2.78. The van der Waals surface area contributed by atoms with Crippen molar-refractivity contribution in [1.29, 1.82) is 0 Å². The largest absolute Gasteiger partial charge is 0.494 e. The summed E-state index contributed by atoms with van der Waals surface area (Å²) >= 11 is 0. The summed E-state index contributed by atoms with van der Waals surface area (Å²) in [6.45, 7) is 4.65. The molecule has 112 valence electrons. The van der Waals surface area contributed by atoms with E-state index in [1.165, 1.54) is 26.4 Å². The molecule has 2 N–H and O–H groups in total. The molecule has 1 aliphatic carbocycles. The van der Waals surface area contributed by atoms with E-state index >= 15 is 0 Å². The van der Waals surface area contributed by atoms with Gasteiger partial charge in [-0.2, -0.15) is 0 Å². The maximum Gasteiger partial charge on any atom is 0.165 e. The van der Waals surface area contributed by atoms with Gasteiger partial charge in [0.15, 0.2) is 11.6 Å². The fraction of sp³-hybridized carbons (Fsp3) is 0.625. The molecule has 1 saturated carbocycles. The Morgan fingerprint density at radius 3 is 2.80 bits per heavy atom. The SMILES string of the molecule is CCN(Cc1ccc(OC)c(F)c1)C1CCCC1CN. The zero-order valence-electron chi connectivity index (χ0n) is 12.4. The summed E-state index contributed by atoms with van der Waals surface area (Å²) in [7, 11) is 1.49. The summed E-state index contributed by atoms with van der Waals surface area (Å²) in [5.74, 6) is 0.596. The van der Waals surface area contributed by atoms with E-state index in [-0.39, 0.29) is 5.82 Å². The maximum absolute atomic E-state index is 13.8. The van der Waals surface area contributed by atoms with Crippen molar-refractivity contribution in [3.8, 4) is 5.75 Å². The second-order valence-corrected chi connectivity index (χ2v) is 5.53. The van der Waals surface area contributed by atoms with Crippen LogP contribution in [0.25, 0.3) is 0 Å². The highest BCUT2D eigenvalue weighted by molar-refractivity contribution is 5.29. The molecule has 0 saturated heterocycles. The van der Waals surface area contributed by atoms with Gasteiger partial charge in [-0.25, -0.2) is 4.39 Å². The van der Waals surface area contributed by atoms with E-state index in [9.17, 15) is 4.39 Å². The molecule has 0 bridgehead atoms. The molecule has 3 nitrogen and oxygen atoms in total. The summed E-state index contributed by atoms with van der Waals surface area (Å²) in [6.07, 6.45) is 3.67. The topological polar surface area (TPSA) is 38.5 Å². The Hall–Kier alpha value is -1.13. The first-order valence-corrected chi connectivity index (χ1v) is 7.46. The van der Waals surface area contributed by atoms with Gasteiger partial charge in [0.1, 0.15) is 0 Å². The average molecular weight is 280 g/mol. The molecule has 4 heteroatoms. The van der Waals surface area contributed by atoms with Crippen LogP contribution >= 0.6 is 0 Å². The Labute approximate surface area is 120 Å². The summed E-state index contributed by atoms with van der Waals surface area (Å²) in [5, 5.41) is 0. The van der Waals surface area contributed by atoms with Gasteiger partial charge < -0.3 is 10.5 Å². The van der Waals surface area contributed by atoms with Crippen molar-refractivity contribution in [3.63, 3.8) is 0 Å².